The molecule has 1 saturated carbocycles. The number of pyridine rings is 1. The number of thioether (sulfide) groups is 1. The Hall–Kier alpha value is -1.87. The van der Waals surface area contributed by atoms with Crippen molar-refractivity contribution in [3.63, 3.8) is 0 Å². The zero-order valence-corrected chi connectivity index (χ0v) is 16.3. The highest BCUT2D eigenvalue weighted by atomic mass is 32.2. The van der Waals surface area contributed by atoms with Crippen LogP contribution in [0.4, 0.5) is 0 Å². The van der Waals surface area contributed by atoms with E-state index >= 15 is 0 Å². The third-order valence-corrected chi connectivity index (χ3v) is 6.55. The lowest BCUT2D eigenvalue weighted by atomic mass is 9.78. The number of carbonyl (C=O) groups is 2. The van der Waals surface area contributed by atoms with Gasteiger partial charge in [0.25, 0.3) is 0 Å². The number of hydrogen-bond donors (Lipinski definition) is 0. The minimum Gasteiger partial charge on any atom is -0.339 e. The van der Waals surface area contributed by atoms with E-state index < -0.39 is 0 Å². The summed E-state index contributed by atoms with van der Waals surface area (Å²) < 4.78 is 0. The molecule has 6 heteroatoms. The van der Waals surface area contributed by atoms with Gasteiger partial charge in [-0.1, -0.05) is 24.6 Å². The van der Waals surface area contributed by atoms with Gasteiger partial charge in [0, 0.05) is 23.8 Å². The van der Waals surface area contributed by atoms with Crippen molar-refractivity contribution in [3.05, 3.63) is 22.9 Å². The number of aromatic nitrogens is 1. The first-order chi connectivity index (χ1) is 12.5. The third-order valence-electron chi connectivity index (χ3n) is 5.57. The number of piperidine rings is 1. The lowest BCUT2D eigenvalue weighted by Crippen LogP contribution is -2.50. The molecule has 2 fully saturated rings. The van der Waals surface area contributed by atoms with Crippen LogP contribution in [0.2, 0.25) is 0 Å². The Labute approximate surface area is 159 Å². The van der Waals surface area contributed by atoms with Crippen molar-refractivity contribution in [1.82, 2.24) is 9.88 Å². The first-order valence-corrected chi connectivity index (χ1v) is 10.3. The van der Waals surface area contributed by atoms with Crippen LogP contribution < -0.4 is 0 Å². The zero-order valence-electron chi connectivity index (χ0n) is 15.5. The van der Waals surface area contributed by atoms with E-state index in [1.807, 2.05) is 0 Å². The second-order valence-corrected chi connectivity index (χ2v) is 8.24. The van der Waals surface area contributed by atoms with Gasteiger partial charge in [-0.25, -0.2) is 4.98 Å². The van der Waals surface area contributed by atoms with Crippen LogP contribution in [0, 0.1) is 24.2 Å². The van der Waals surface area contributed by atoms with Crippen molar-refractivity contribution in [2.45, 2.75) is 63.4 Å². The molecule has 0 N–H and O–H groups in total. The molecule has 1 aliphatic carbocycles. The van der Waals surface area contributed by atoms with E-state index in [1.54, 1.807) is 13.0 Å². The molecular formula is C20H25N3O2S. The quantitative estimate of drug-likeness (QED) is 0.595. The predicted octanol–water partition coefficient (Wildman–Crippen LogP) is 3.74. The van der Waals surface area contributed by atoms with Crippen LogP contribution in [0.3, 0.4) is 0 Å². The Morgan fingerprint density at radius 2 is 2.04 bits per heavy atom. The number of nitriles is 1. The molecule has 138 valence electrons. The number of rotatable bonds is 4. The van der Waals surface area contributed by atoms with Crippen LogP contribution in [-0.4, -0.2) is 39.9 Å². The molecule has 2 heterocycles. The first-order valence-electron chi connectivity index (χ1n) is 9.36. The lowest BCUT2D eigenvalue weighted by Gasteiger charge is -2.44. The molecule has 1 aromatic rings. The van der Waals surface area contributed by atoms with Crippen molar-refractivity contribution < 1.29 is 9.59 Å². The standard InChI is InChI=1S/C20H25N3O2S/c1-13-17(14(2)24)10-16(11-21)20(22-13)26-12-19(25)23-9-5-7-15-6-3-4-8-18(15)23/h10,15,18H,3-9,12H2,1-2H3. The molecule has 0 aromatic carbocycles. The highest BCUT2D eigenvalue weighted by Gasteiger charge is 2.35. The Balaban J connectivity index is 1.70. The number of fused-ring (bicyclic) bond motifs is 1. The molecule has 2 unspecified atom stereocenters. The summed E-state index contributed by atoms with van der Waals surface area (Å²) in [5.41, 5.74) is 1.45. The summed E-state index contributed by atoms with van der Waals surface area (Å²) in [5, 5.41) is 9.92. The SMILES string of the molecule is CC(=O)c1cc(C#N)c(SCC(=O)N2CCCC3CCCCC32)nc1C. The van der Waals surface area contributed by atoms with Gasteiger partial charge in [-0.2, -0.15) is 5.26 Å². The highest BCUT2D eigenvalue weighted by Crippen LogP contribution is 2.35. The van der Waals surface area contributed by atoms with Crippen LogP contribution in [0.15, 0.2) is 11.1 Å². The summed E-state index contributed by atoms with van der Waals surface area (Å²) in [7, 11) is 0. The second-order valence-electron chi connectivity index (χ2n) is 7.27. The van der Waals surface area contributed by atoms with E-state index in [0.29, 0.717) is 39.6 Å². The fourth-order valence-electron chi connectivity index (χ4n) is 4.28. The second kappa shape index (κ2) is 8.22. The van der Waals surface area contributed by atoms with E-state index in [-0.39, 0.29) is 11.7 Å². The fourth-order valence-corrected chi connectivity index (χ4v) is 5.16. The van der Waals surface area contributed by atoms with E-state index in [1.165, 1.54) is 44.4 Å². The first kappa shape index (κ1) is 18.9. The normalized spacial score (nSPS) is 22.4. The molecule has 5 nitrogen and oxygen atoms in total. The van der Waals surface area contributed by atoms with Gasteiger partial charge in [0.15, 0.2) is 5.78 Å². The molecule has 1 aromatic heterocycles. The summed E-state index contributed by atoms with van der Waals surface area (Å²) in [6.07, 6.45) is 7.20. The average Bonchev–Trinajstić information content (AvgIpc) is 2.65. The fraction of sp³-hybridized carbons (Fsp3) is 0.600. The van der Waals surface area contributed by atoms with Crippen LogP contribution in [-0.2, 0) is 4.79 Å². The van der Waals surface area contributed by atoms with Crippen molar-refractivity contribution >= 4 is 23.5 Å². The molecule has 0 bridgehead atoms. The predicted molar refractivity (Wildman–Crippen MR) is 101 cm³/mol. The molecule has 2 aliphatic rings. The minimum absolute atomic E-state index is 0.101. The number of carbonyl (C=O) groups excluding carboxylic acids is 2. The van der Waals surface area contributed by atoms with Gasteiger partial charge in [0.2, 0.25) is 5.91 Å². The maximum absolute atomic E-state index is 12.8. The van der Waals surface area contributed by atoms with Gasteiger partial charge in [0.1, 0.15) is 11.1 Å². The smallest absolute Gasteiger partial charge is 0.233 e. The molecule has 0 radical (unpaired) electrons. The Bertz CT molecular complexity index is 754. The van der Waals surface area contributed by atoms with Crippen LogP contribution in [0.1, 0.15) is 67.1 Å². The van der Waals surface area contributed by atoms with E-state index in [0.717, 1.165) is 19.4 Å². The number of nitrogens with zero attached hydrogens (tertiary/aromatic N) is 3. The van der Waals surface area contributed by atoms with Gasteiger partial charge in [-0.05, 0) is 51.5 Å². The third kappa shape index (κ3) is 3.93. The van der Waals surface area contributed by atoms with Crippen molar-refractivity contribution in [1.29, 1.82) is 5.26 Å². The summed E-state index contributed by atoms with van der Waals surface area (Å²) in [4.78, 5) is 30.9. The van der Waals surface area contributed by atoms with E-state index in [4.69, 9.17) is 0 Å². The van der Waals surface area contributed by atoms with Crippen molar-refractivity contribution in [2.24, 2.45) is 5.92 Å². The lowest BCUT2D eigenvalue weighted by molar-refractivity contribution is -0.134. The molecule has 1 amide bonds. The summed E-state index contributed by atoms with van der Waals surface area (Å²) in [5.74, 6) is 1.00. The number of Topliss-reactive ketones (excluding diaryl/α,β-unsaturated/α-hetero) is 1. The summed E-state index contributed by atoms with van der Waals surface area (Å²) >= 11 is 1.31. The molecule has 0 spiro atoms. The molecule has 3 rings (SSSR count). The molecule has 26 heavy (non-hydrogen) atoms. The largest absolute Gasteiger partial charge is 0.339 e. The maximum atomic E-state index is 12.8. The van der Waals surface area contributed by atoms with Gasteiger partial charge in [-0.3, -0.25) is 9.59 Å². The number of hydrogen-bond acceptors (Lipinski definition) is 5. The van der Waals surface area contributed by atoms with Crippen LogP contribution >= 0.6 is 11.8 Å². The number of ketones is 1. The van der Waals surface area contributed by atoms with Crippen LogP contribution in [0.5, 0.6) is 0 Å². The Morgan fingerprint density at radius 3 is 2.77 bits per heavy atom. The number of amides is 1. The van der Waals surface area contributed by atoms with Gasteiger partial charge in [0.05, 0.1) is 11.3 Å². The van der Waals surface area contributed by atoms with Gasteiger partial charge in [-0.15, -0.1) is 0 Å². The Kier molecular flexibility index (Phi) is 5.98. The Morgan fingerprint density at radius 1 is 1.31 bits per heavy atom. The molecule has 1 saturated heterocycles. The zero-order chi connectivity index (χ0) is 18.7. The minimum atomic E-state index is -0.101. The highest BCUT2D eigenvalue weighted by molar-refractivity contribution is 8.00. The van der Waals surface area contributed by atoms with Crippen LogP contribution in [0.25, 0.3) is 0 Å². The number of likely N-dealkylation sites (tertiary alicyclic amines) is 1. The van der Waals surface area contributed by atoms with Gasteiger partial charge >= 0.3 is 0 Å². The van der Waals surface area contributed by atoms with Gasteiger partial charge < -0.3 is 4.90 Å². The monoisotopic (exact) mass is 371 g/mol. The average molecular weight is 372 g/mol. The molecule has 1 aliphatic heterocycles. The summed E-state index contributed by atoms with van der Waals surface area (Å²) in [6.45, 7) is 4.08. The number of aryl methyl sites for hydroxylation is 1. The molecule has 2 atom stereocenters. The molecular weight excluding hydrogens is 346 g/mol. The van der Waals surface area contributed by atoms with E-state index in [2.05, 4.69) is 16.0 Å². The van der Waals surface area contributed by atoms with Crippen molar-refractivity contribution in [2.75, 3.05) is 12.3 Å². The summed E-state index contributed by atoms with van der Waals surface area (Å²) in [6, 6.07) is 4.10. The van der Waals surface area contributed by atoms with Crippen molar-refractivity contribution in [3.8, 4) is 6.07 Å². The van der Waals surface area contributed by atoms with E-state index in [9.17, 15) is 14.9 Å². The maximum Gasteiger partial charge on any atom is 0.233 e. The topological polar surface area (TPSA) is 74.1 Å².